The maximum Gasteiger partial charge on any atom is 0.0619 e. The van der Waals surface area contributed by atoms with Gasteiger partial charge in [0.05, 0.1) is 11.0 Å². The largest absolute Gasteiger partial charge is 0.310 e. The molecule has 0 bridgehead atoms. The third-order valence-electron chi connectivity index (χ3n) is 10.5. The number of allylic oxidation sites excluding steroid dienone is 5. The average Bonchev–Trinajstić information content (AvgIpc) is 3.60. The highest BCUT2D eigenvalue weighted by atomic mass is 15.1. The summed E-state index contributed by atoms with van der Waals surface area (Å²) in [5.41, 5.74) is 13.7. The van der Waals surface area contributed by atoms with Gasteiger partial charge in [0.25, 0.3) is 0 Å². The highest BCUT2D eigenvalue weighted by Crippen LogP contribution is 2.44. The van der Waals surface area contributed by atoms with Crippen LogP contribution in [0.15, 0.2) is 219 Å². The lowest BCUT2D eigenvalue weighted by Gasteiger charge is -2.27. The Morgan fingerprint density at radius 2 is 1.11 bits per heavy atom. The van der Waals surface area contributed by atoms with E-state index in [2.05, 4.69) is 222 Å². The van der Waals surface area contributed by atoms with E-state index in [0.717, 1.165) is 33.8 Å². The van der Waals surface area contributed by atoms with E-state index in [9.17, 15) is 0 Å². The molecule has 2 heteroatoms. The molecule has 262 valence electrons. The topological polar surface area (TPSA) is 8.17 Å². The SMILES string of the molecule is C=C/C(=C\C=C/C)n1c2cccc(-c3cccc(N(c4ccc(-c5ccccc5)cc4)c4cccc(-c5ccccc5)c4)c3)c2c2ccc3ccccc3c21. The van der Waals surface area contributed by atoms with Gasteiger partial charge in [-0.1, -0.05) is 164 Å². The molecule has 0 aliphatic heterocycles. The predicted octanol–water partition coefficient (Wildman–Crippen LogP) is 15.0. The first kappa shape index (κ1) is 33.7. The van der Waals surface area contributed by atoms with Gasteiger partial charge in [0.2, 0.25) is 0 Å². The van der Waals surface area contributed by atoms with E-state index >= 15 is 0 Å². The van der Waals surface area contributed by atoms with Gasteiger partial charge in [-0.15, -0.1) is 0 Å². The third-order valence-corrected chi connectivity index (χ3v) is 10.5. The number of rotatable bonds is 9. The molecule has 0 spiro atoms. The Bertz CT molecular complexity index is 2870. The van der Waals surface area contributed by atoms with Gasteiger partial charge in [-0.25, -0.2) is 0 Å². The molecule has 1 aromatic heterocycles. The lowest BCUT2D eigenvalue weighted by Crippen LogP contribution is -2.10. The van der Waals surface area contributed by atoms with Crippen LogP contribution in [-0.2, 0) is 0 Å². The second-order valence-electron chi connectivity index (χ2n) is 13.8. The van der Waals surface area contributed by atoms with E-state index in [1.165, 1.54) is 54.9 Å². The first-order chi connectivity index (χ1) is 27.2. The number of benzene rings is 8. The number of hydrogen-bond donors (Lipinski definition) is 0. The summed E-state index contributed by atoms with van der Waals surface area (Å²) >= 11 is 0. The molecule has 0 unspecified atom stereocenters. The van der Waals surface area contributed by atoms with Crippen molar-refractivity contribution in [2.45, 2.75) is 6.92 Å². The lowest BCUT2D eigenvalue weighted by atomic mass is 9.97. The standard InChI is InChI=1S/C53H40N2/c1-3-5-24-44(4-2)55-51-29-16-28-48(52(51)50-35-32-41-21-12-13-27-49(41)53(50)55)43-23-15-26-47(37-43)54(45-33-30-40(31-34-45)38-17-8-6-9-18-38)46-25-14-22-42(36-46)39-19-10-7-11-20-39/h3-37H,2H2,1H3/b5-3-,44-24+. The maximum absolute atomic E-state index is 4.25. The summed E-state index contributed by atoms with van der Waals surface area (Å²) in [4.78, 5) is 2.37. The number of aromatic nitrogens is 1. The Morgan fingerprint density at radius 3 is 1.82 bits per heavy atom. The van der Waals surface area contributed by atoms with Crippen LogP contribution < -0.4 is 4.90 Å². The van der Waals surface area contributed by atoms with E-state index < -0.39 is 0 Å². The van der Waals surface area contributed by atoms with Crippen LogP contribution >= 0.6 is 0 Å². The molecule has 0 atom stereocenters. The summed E-state index contributed by atoms with van der Waals surface area (Å²) in [6.45, 7) is 6.30. The fourth-order valence-corrected chi connectivity index (χ4v) is 7.91. The van der Waals surface area contributed by atoms with Crippen molar-refractivity contribution >= 4 is 55.3 Å². The smallest absolute Gasteiger partial charge is 0.0619 e. The molecule has 0 aliphatic rings. The summed E-state index contributed by atoms with van der Waals surface area (Å²) < 4.78 is 2.38. The summed E-state index contributed by atoms with van der Waals surface area (Å²) in [6, 6.07) is 67.8. The molecule has 0 N–H and O–H groups in total. The van der Waals surface area contributed by atoms with Crippen molar-refractivity contribution in [2.24, 2.45) is 0 Å². The van der Waals surface area contributed by atoms with Crippen molar-refractivity contribution in [3.63, 3.8) is 0 Å². The molecular weight excluding hydrogens is 665 g/mol. The molecule has 0 saturated heterocycles. The van der Waals surface area contributed by atoms with Gasteiger partial charge >= 0.3 is 0 Å². The molecule has 9 rings (SSSR count). The van der Waals surface area contributed by atoms with Crippen molar-refractivity contribution in [2.75, 3.05) is 4.90 Å². The van der Waals surface area contributed by atoms with Crippen molar-refractivity contribution in [1.82, 2.24) is 4.57 Å². The summed E-state index contributed by atoms with van der Waals surface area (Å²) in [5, 5.41) is 4.86. The average molecular weight is 705 g/mol. The highest BCUT2D eigenvalue weighted by Gasteiger charge is 2.20. The van der Waals surface area contributed by atoms with Gasteiger partial charge in [0, 0.05) is 38.9 Å². The number of anilines is 3. The Kier molecular flexibility index (Phi) is 8.99. The number of nitrogens with zero attached hydrogens (tertiary/aromatic N) is 2. The van der Waals surface area contributed by atoms with Crippen LogP contribution in [0.2, 0.25) is 0 Å². The van der Waals surface area contributed by atoms with Crippen LogP contribution in [0, 0.1) is 0 Å². The van der Waals surface area contributed by atoms with Crippen LogP contribution in [0.4, 0.5) is 17.1 Å². The molecule has 1 heterocycles. The lowest BCUT2D eigenvalue weighted by molar-refractivity contribution is 1.25. The molecule has 8 aromatic carbocycles. The zero-order valence-electron chi connectivity index (χ0n) is 30.8. The van der Waals surface area contributed by atoms with E-state index in [1.54, 1.807) is 0 Å². The summed E-state index contributed by atoms with van der Waals surface area (Å²) in [5.74, 6) is 0. The second kappa shape index (κ2) is 14.7. The minimum absolute atomic E-state index is 1.03. The quantitative estimate of drug-likeness (QED) is 0.136. The Morgan fingerprint density at radius 1 is 0.509 bits per heavy atom. The van der Waals surface area contributed by atoms with Gasteiger partial charge in [-0.05, 0) is 100 Å². The van der Waals surface area contributed by atoms with E-state index in [0.29, 0.717) is 0 Å². The van der Waals surface area contributed by atoms with Crippen LogP contribution in [0.3, 0.4) is 0 Å². The number of fused-ring (bicyclic) bond motifs is 5. The Balaban J connectivity index is 1.25. The molecule has 0 amide bonds. The zero-order valence-corrected chi connectivity index (χ0v) is 30.8. The van der Waals surface area contributed by atoms with Gasteiger partial charge in [-0.3, -0.25) is 0 Å². The fourth-order valence-electron chi connectivity index (χ4n) is 7.91. The van der Waals surface area contributed by atoms with E-state index in [-0.39, 0.29) is 0 Å². The van der Waals surface area contributed by atoms with Gasteiger partial charge in [0.15, 0.2) is 0 Å². The molecule has 0 aliphatic carbocycles. The molecule has 0 saturated carbocycles. The first-order valence-corrected chi connectivity index (χ1v) is 18.8. The van der Waals surface area contributed by atoms with Gasteiger partial charge < -0.3 is 9.47 Å². The Hall–Kier alpha value is -7.16. The van der Waals surface area contributed by atoms with Crippen molar-refractivity contribution in [1.29, 1.82) is 0 Å². The molecule has 9 aromatic rings. The van der Waals surface area contributed by atoms with Crippen LogP contribution in [0.25, 0.3) is 71.7 Å². The maximum atomic E-state index is 4.25. The van der Waals surface area contributed by atoms with Crippen LogP contribution in [-0.4, -0.2) is 4.57 Å². The summed E-state index contributed by atoms with van der Waals surface area (Å²) in [6.07, 6.45) is 8.24. The van der Waals surface area contributed by atoms with Gasteiger partial charge in [0.1, 0.15) is 0 Å². The van der Waals surface area contributed by atoms with E-state index in [4.69, 9.17) is 0 Å². The van der Waals surface area contributed by atoms with E-state index in [1.807, 2.05) is 13.0 Å². The van der Waals surface area contributed by atoms with Crippen molar-refractivity contribution in [3.8, 4) is 33.4 Å². The predicted molar refractivity (Wildman–Crippen MR) is 237 cm³/mol. The Labute approximate surface area is 322 Å². The van der Waals surface area contributed by atoms with Crippen LogP contribution in [0.1, 0.15) is 6.92 Å². The zero-order chi connectivity index (χ0) is 37.1. The van der Waals surface area contributed by atoms with Crippen LogP contribution in [0.5, 0.6) is 0 Å². The molecular formula is C53H40N2. The third kappa shape index (κ3) is 6.24. The molecule has 0 radical (unpaired) electrons. The molecule has 2 nitrogen and oxygen atoms in total. The second-order valence-corrected chi connectivity index (χ2v) is 13.8. The minimum atomic E-state index is 1.03. The highest BCUT2D eigenvalue weighted by molar-refractivity contribution is 6.23. The monoisotopic (exact) mass is 704 g/mol. The molecule has 0 fully saturated rings. The molecule has 55 heavy (non-hydrogen) atoms. The number of hydrogen-bond acceptors (Lipinski definition) is 1. The van der Waals surface area contributed by atoms with Crippen molar-refractivity contribution < 1.29 is 0 Å². The fraction of sp³-hybridized carbons (Fsp3) is 0.0189. The van der Waals surface area contributed by atoms with Crippen molar-refractivity contribution in [3.05, 3.63) is 219 Å². The minimum Gasteiger partial charge on any atom is -0.310 e. The first-order valence-electron chi connectivity index (χ1n) is 18.8. The van der Waals surface area contributed by atoms with Gasteiger partial charge in [-0.2, -0.15) is 0 Å². The normalized spacial score (nSPS) is 11.8. The summed E-state index contributed by atoms with van der Waals surface area (Å²) in [7, 11) is 0.